The zero-order valence-electron chi connectivity index (χ0n) is 7.66. The van der Waals surface area contributed by atoms with E-state index in [9.17, 15) is 4.79 Å². The fraction of sp³-hybridized carbons (Fsp3) is 0.500. The second-order valence-corrected chi connectivity index (χ2v) is 2.97. The molecule has 0 aromatic carbocycles. The Morgan fingerprint density at radius 3 is 3.00 bits per heavy atom. The summed E-state index contributed by atoms with van der Waals surface area (Å²) in [5.74, 6) is 0.386. The number of aromatic nitrogens is 2. The predicted octanol–water partition coefficient (Wildman–Crippen LogP) is -0.129. The number of hydrogen-bond donors (Lipinski definition) is 3. The first-order valence-corrected chi connectivity index (χ1v) is 4.07. The van der Waals surface area contributed by atoms with Gasteiger partial charge in [0.1, 0.15) is 0 Å². The van der Waals surface area contributed by atoms with Crippen LogP contribution in [0.3, 0.4) is 0 Å². The van der Waals surface area contributed by atoms with E-state index in [1.54, 1.807) is 13.8 Å². The van der Waals surface area contributed by atoms with Crippen LogP contribution in [-0.4, -0.2) is 27.7 Å². The van der Waals surface area contributed by atoms with Crippen molar-refractivity contribution < 1.29 is 5.11 Å². The molecule has 5 nitrogen and oxygen atoms in total. The van der Waals surface area contributed by atoms with E-state index >= 15 is 0 Å². The largest absolute Gasteiger partial charge is 0.394 e. The predicted molar refractivity (Wildman–Crippen MR) is 49.8 cm³/mol. The van der Waals surface area contributed by atoms with Crippen molar-refractivity contribution in [2.45, 2.75) is 19.9 Å². The van der Waals surface area contributed by atoms with Crippen LogP contribution in [-0.2, 0) is 0 Å². The monoisotopic (exact) mass is 183 g/mol. The second kappa shape index (κ2) is 4.04. The summed E-state index contributed by atoms with van der Waals surface area (Å²) in [6, 6.07) is -0.120. The average Bonchev–Trinajstić information content (AvgIpc) is 2.11. The van der Waals surface area contributed by atoms with Crippen LogP contribution >= 0.6 is 0 Å². The topological polar surface area (TPSA) is 78.0 Å². The van der Waals surface area contributed by atoms with E-state index in [4.69, 9.17) is 5.11 Å². The van der Waals surface area contributed by atoms with Crippen LogP contribution in [0.2, 0.25) is 0 Å². The minimum atomic E-state index is -0.164. The molecule has 0 bridgehead atoms. The van der Waals surface area contributed by atoms with Crippen molar-refractivity contribution in [3.63, 3.8) is 0 Å². The molecule has 1 rings (SSSR count). The standard InChI is InChI=1S/C8H13N3O2/c1-5-3-9-8(11-7(5)13)10-6(2)4-12/h3,6,12H,4H2,1-2H3,(H2,9,10,11,13). The molecule has 0 saturated carbocycles. The molecule has 1 unspecified atom stereocenters. The number of hydrogen-bond acceptors (Lipinski definition) is 4. The van der Waals surface area contributed by atoms with Gasteiger partial charge in [0.15, 0.2) is 0 Å². The molecule has 1 heterocycles. The van der Waals surface area contributed by atoms with E-state index in [0.29, 0.717) is 11.5 Å². The van der Waals surface area contributed by atoms with Crippen LogP contribution in [0, 0.1) is 6.92 Å². The van der Waals surface area contributed by atoms with Gasteiger partial charge in [-0.3, -0.25) is 9.78 Å². The molecule has 0 saturated heterocycles. The Bertz CT molecular complexity index is 334. The summed E-state index contributed by atoms with van der Waals surface area (Å²) in [6.45, 7) is 3.47. The molecular weight excluding hydrogens is 170 g/mol. The lowest BCUT2D eigenvalue weighted by atomic mass is 10.3. The van der Waals surface area contributed by atoms with E-state index in [1.807, 2.05) is 0 Å². The highest BCUT2D eigenvalue weighted by molar-refractivity contribution is 5.25. The highest BCUT2D eigenvalue weighted by atomic mass is 16.3. The number of aliphatic hydroxyl groups is 1. The summed E-state index contributed by atoms with van der Waals surface area (Å²) >= 11 is 0. The number of nitrogens with one attached hydrogen (secondary N) is 2. The minimum absolute atomic E-state index is 0.00239. The lowest BCUT2D eigenvalue weighted by Crippen LogP contribution is -2.23. The van der Waals surface area contributed by atoms with Gasteiger partial charge < -0.3 is 10.4 Å². The zero-order chi connectivity index (χ0) is 9.84. The van der Waals surface area contributed by atoms with Crippen molar-refractivity contribution in [2.75, 3.05) is 11.9 Å². The Morgan fingerprint density at radius 2 is 2.46 bits per heavy atom. The van der Waals surface area contributed by atoms with Crippen molar-refractivity contribution in [1.82, 2.24) is 9.97 Å². The maximum Gasteiger partial charge on any atom is 0.255 e. The van der Waals surface area contributed by atoms with Crippen LogP contribution in [0.15, 0.2) is 11.0 Å². The number of aliphatic hydroxyl groups excluding tert-OH is 1. The SMILES string of the molecule is Cc1cnc(NC(C)CO)[nH]c1=O. The van der Waals surface area contributed by atoms with Gasteiger partial charge in [0.25, 0.3) is 5.56 Å². The normalized spacial score (nSPS) is 12.5. The molecule has 72 valence electrons. The van der Waals surface area contributed by atoms with Crippen LogP contribution in [0.5, 0.6) is 0 Å². The van der Waals surface area contributed by atoms with Gasteiger partial charge in [-0.25, -0.2) is 4.98 Å². The number of aryl methyl sites for hydroxylation is 1. The molecule has 0 aliphatic heterocycles. The molecule has 5 heteroatoms. The Balaban J connectivity index is 2.80. The minimum Gasteiger partial charge on any atom is -0.394 e. The van der Waals surface area contributed by atoms with Gasteiger partial charge in [-0.05, 0) is 13.8 Å². The molecule has 1 aromatic heterocycles. The van der Waals surface area contributed by atoms with Crippen molar-refractivity contribution in [3.05, 3.63) is 22.1 Å². The highest BCUT2D eigenvalue weighted by Crippen LogP contribution is 1.96. The van der Waals surface area contributed by atoms with E-state index in [2.05, 4.69) is 15.3 Å². The average molecular weight is 183 g/mol. The molecule has 0 amide bonds. The molecule has 0 spiro atoms. The molecular formula is C8H13N3O2. The third-order valence-electron chi connectivity index (χ3n) is 1.63. The van der Waals surface area contributed by atoms with Gasteiger partial charge in [-0.1, -0.05) is 0 Å². The van der Waals surface area contributed by atoms with E-state index < -0.39 is 0 Å². The summed E-state index contributed by atoms with van der Waals surface area (Å²) in [4.78, 5) is 17.6. The summed E-state index contributed by atoms with van der Waals surface area (Å²) in [6.07, 6.45) is 1.49. The summed E-state index contributed by atoms with van der Waals surface area (Å²) in [5.41, 5.74) is 0.407. The lowest BCUT2D eigenvalue weighted by molar-refractivity contribution is 0.281. The quantitative estimate of drug-likeness (QED) is 0.610. The van der Waals surface area contributed by atoms with Crippen LogP contribution < -0.4 is 10.9 Å². The molecule has 0 aliphatic carbocycles. The maximum absolute atomic E-state index is 11.1. The van der Waals surface area contributed by atoms with Crippen LogP contribution in [0.4, 0.5) is 5.95 Å². The maximum atomic E-state index is 11.1. The molecule has 0 radical (unpaired) electrons. The first-order valence-electron chi connectivity index (χ1n) is 4.07. The number of anilines is 1. The van der Waals surface area contributed by atoms with Gasteiger partial charge in [-0.2, -0.15) is 0 Å². The number of aromatic amines is 1. The Kier molecular flexibility index (Phi) is 3.02. The summed E-state index contributed by atoms with van der Waals surface area (Å²) in [5, 5.41) is 11.6. The Hall–Kier alpha value is -1.36. The van der Waals surface area contributed by atoms with Crippen molar-refractivity contribution in [3.8, 4) is 0 Å². The van der Waals surface area contributed by atoms with Gasteiger partial charge in [0.05, 0.1) is 6.61 Å². The zero-order valence-corrected chi connectivity index (χ0v) is 7.66. The molecule has 0 aliphatic rings. The first-order chi connectivity index (χ1) is 6.13. The van der Waals surface area contributed by atoms with Gasteiger partial charge in [-0.15, -0.1) is 0 Å². The fourth-order valence-electron chi connectivity index (χ4n) is 0.811. The smallest absolute Gasteiger partial charge is 0.255 e. The summed E-state index contributed by atoms with van der Waals surface area (Å²) in [7, 11) is 0. The molecule has 0 fully saturated rings. The van der Waals surface area contributed by atoms with Crippen molar-refractivity contribution in [1.29, 1.82) is 0 Å². The van der Waals surface area contributed by atoms with Crippen LogP contribution in [0.25, 0.3) is 0 Å². The molecule has 13 heavy (non-hydrogen) atoms. The lowest BCUT2D eigenvalue weighted by Gasteiger charge is -2.10. The van der Waals surface area contributed by atoms with Gasteiger partial charge >= 0.3 is 0 Å². The highest BCUT2D eigenvalue weighted by Gasteiger charge is 2.01. The van der Waals surface area contributed by atoms with Crippen molar-refractivity contribution >= 4 is 5.95 Å². The Labute approximate surface area is 75.8 Å². The number of nitrogens with zero attached hydrogens (tertiary/aromatic N) is 1. The van der Waals surface area contributed by atoms with Gasteiger partial charge in [0, 0.05) is 17.8 Å². The Morgan fingerprint density at radius 1 is 1.77 bits per heavy atom. The second-order valence-electron chi connectivity index (χ2n) is 2.97. The third kappa shape index (κ3) is 2.55. The first kappa shape index (κ1) is 9.73. The number of H-pyrrole nitrogens is 1. The molecule has 3 N–H and O–H groups in total. The summed E-state index contributed by atoms with van der Waals surface area (Å²) < 4.78 is 0. The number of rotatable bonds is 3. The van der Waals surface area contributed by atoms with Crippen molar-refractivity contribution in [2.24, 2.45) is 0 Å². The molecule has 1 atom stereocenters. The van der Waals surface area contributed by atoms with E-state index in [0.717, 1.165) is 0 Å². The third-order valence-corrected chi connectivity index (χ3v) is 1.63. The van der Waals surface area contributed by atoms with E-state index in [-0.39, 0.29) is 18.2 Å². The molecule has 1 aromatic rings. The van der Waals surface area contributed by atoms with E-state index in [1.165, 1.54) is 6.20 Å². The fourth-order valence-corrected chi connectivity index (χ4v) is 0.811. The van der Waals surface area contributed by atoms with Crippen LogP contribution in [0.1, 0.15) is 12.5 Å². The van der Waals surface area contributed by atoms with Gasteiger partial charge in [0.2, 0.25) is 5.95 Å².